The lowest BCUT2D eigenvalue weighted by molar-refractivity contribution is 0.236. The summed E-state index contributed by atoms with van der Waals surface area (Å²) >= 11 is 9.70. The summed E-state index contributed by atoms with van der Waals surface area (Å²) in [5.41, 5.74) is 5.10. The van der Waals surface area contributed by atoms with E-state index >= 15 is 0 Å². The molecule has 0 aliphatic rings. The van der Waals surface area contributed by atoms with Crippen LogP contribution in [0.5, 0.6) is 0 Å². The standard InChI is InChI=1S/2C12H10.C2H4Cl2O/c2*1-3-7-11(8-4-1)12-9-5-2-6-10-12;1-2(3,4)5/h2*1-10H;5H,1H3. The summed E-state index contributed by atoms with van der Waals surface area (Å²) in [5.74, 6) is 0. The molecule has 0 unspecified atom stereocenters. The van der Waals surface area contributed by atoms with E-state index in [4.69, 9.17) is 28.3 Å². The first-order chi connectivity index (χ1) is 13.9. The average Bonchev–Trinajstić information content (AvgIpc) is 2.76. The molecule has 0 heterocycles. The van der Waals surface area contributed by atoms with E-state index in [1.54, 1.807) is 0 Å². The molecule has 4 rings (SSSR count). The van der Waals surface area contributed by atoms with Crippen molar-refractivity contribution in [2.45, 2.75) is 11.4 Å². The van der Waals surface area contributed by atoms with Crippen molar-refractivity contribution in [3.63, 3.8) is 0 Å². The van der Waals surface area contributed by atoms with Crippen LogP contribution < -0.4 is 0 Å². The first kappa shape index (κ1) is 22.7. The van der Waals surface area contributed by atoms with Crippen molar-refractivity contribution in [1.29, 1.82) is 0 Å². The SMILES string of the molecule is CC(O)(Cl)Cl.c1ccc(-c2ccccc2)cc1.c1ccc(-c2ccccc2)cc1. The number of halogens is 2. The molecule has 0 amide bonds. The molecule has 29 heavy (non-hydrogen) atoms. The summed E-state index contributed by atoms with van der Waals surface area (Å²) in [4.78, 5) is 0. The lowest BCUT2D eigenvalue weighted by Crippen LogP contribution is -2.00. The molecule has 1 nitrogen and oxygen atoms in total. The minimum Gasteiger partial charge on any atom is -0.363 e. The van der Waals surface area contributed by atoms with Crippen LogP contribution in [0.2, 0.25) is 0 Å². The van der Waals surface area contributed by atoms with Crippen LogP contribution in [0.4, 0.5) is 0 Å². The summed E-state index contributed by atoms with van der Waals surface area (Å²) in [6.07, 6.45) is 0. The fourth-order valence-electron chi connectivity index (χ4n) is 2.52. The van der Waals surface area contributed by atoms with Gasteiger partial charge in [0.25, 0.3) is 0 Å². The molecule has 0 aliphatic carbocycles. The van der Waals surface area contributed by atoms with Crippen molar-refractivity contribution in [2.75, 3.05) is 0 Å². The molecule has 0 aliphatic heterocycles. The van der Waals surface area contributed by atoms with Crippen LogP contribution in [0.1, 0.15) is 6.92 Å². The van der Waals surface area contributed by atoms with E-state index in [1.165, 1.54) is 29.2 Å². The predicted molar refractivity (Wildman–Crippen MR) is 126 cm³/mol. The highest BCUT2D eigenvalue weighted by atomic mass is 35.5. The quantitative estimate of drug-likeness (QED) is 0.326. The molecule has 0 spiro atoms. The second kappa shape index (κ2) is 12.1. The fraction of sp³-hybridized carbons (Fsp3) is 0.0769. The van der Waals surface area contributed by atoms with Crippen molar-refractivity contribution < 1.29 is 5.11 Å². The second-order valence-electron chi connectivity index (χ2n) is 6.31. The highest BCUT2D eigenvalue weighted by Crippen LogP contribution is 2.18. The molecular weight excluding hydrogens is 399 g/mol. The van der Waals surface area contributed by atoms with E-state index in [9.17, 15) is 0 Å². The molecule has 0 saturated carbocycles. The monoisotopic (exact) mass is 422 g/mol. The van der Waals surface area contributed by atoms with Gasteiger partial charge in [-0.3, -0.25) is 0 Å². The largest absolute Gasteiger partial charge is 0.363 e. The van der Waals surface area contributed by atoms with Gasteiger partial charge in [-0.2, -0.15) is 0 Å². The molecule has 4 aromatic carbocycles. The van der Waals surface area contributed by atoms with Gasteiger partial charge in [0, 0.05) is 0 Å². The first-order valence-electron chi connectivity index (χ1n) is 9.24. The first-order valence-corrected chi connectivity index (χ1v) is 10.0. The van der Waals surface area contributed by atoms with Crippen molar-refractivity contribution in [3.05, 3.63) is 121 Å². The minimum absolute atomic E-state index is 1.27. The molecule has 0 bridgehead atoms. The van der Waals surface area contributed by atoms with Gasteiger partial charge in [-0.15, -0.1) is 0 Å². The maximum atomic E-state index is 8.05. The Labute approximate surface area is 183 Å². The Kier molecular flexibility index (Phi) is 9.46. The molecule has 0 atom stereocenters. The van der Waals surface area contributed by atoms with Gasteiger partial charge >= 0.3 is 0 Å². The average molecular weight is 423 g/mol. The number of benzene rings is 4. The Morgan fingerprint density at radius 3 is 0.724 bits per heavy atom. The molecule has 0 saturated heterocycles. The Hall–Kier alpha value is -2.58. The maximum Gasteiger partial charge on any atom is 0.212 e. The summed E-state index contributed by atoms with van der Waals surface area (Å²) in [6.45, 7) is 1.27. The van der Waals surface area contributed by atoms with E-state index < -0.39 is 4.52 Å². The number of hydrogen-bond acceptors (Lipinski definition) is 1. The maximum absolute atomic E-state index is 8.05. The summed E-state index contributed by atoms with van der Waals surface area (Å²) in [7, 11) is 0. The van der Waals surface area contributed by atoms with Gasteiger partial charge in [0.1, 0.15) is 0 Å². The van der Waals surface area contributed by atoms with Crippen LogP contribution in [0, 0.1) is 0 Å². The smallest absolute Gasteiger partial charge is 0.212 e. The van der Waals surface area contributed by atoms with Crippen molar-refractivity contribution in [1.82, 2.24) is 0 Å². The molecule has 148 valence electrons. The van der Waals surface area contributed by atoms with Gasteiger partial charge in [-0.25, -0.2) is 0 Å². The van der Waals surface area contributed by atoms with E-state index in [0.29, 0.717) is 0 Å². The molecule has 0 radical (unpaired) electrons. The molecular formula is C26H24Cl2O. The van der Waals surface area contributed by atoms with Crippen LogP contribution in [0.15, 0.2) is 121 Å². The highest BCUT2D eigenvalue weighted by molar-refractivity contribution is 6.46. The van der Waals surface area contributed by atoms with Crippen LogP contribution in [-0.2, 0) is 0 Å². The number of alkyl halides is 2. The van der Waals surface area contributed by atoms with Gasteiger partial charge in [0.2, 0.25) is 4.52 Å². The summed E-state index contributed by atoms with van der Waals surface area (Å²) < 4.78 is -1.56. The van der Waals surface area contributed by atoms with Gasteiger partial charge < -0.3 is 5.11 Å². The number of hydrogen-bond donors (Lipinski definition) is 1. The zero-order chi connectivity index (χ0) is 21.0. The molecule has 0 fully saturated rings. The third kappa shape index (κ3) is 9.96. The third-order valence-corrected chi connectivity index (χ3v) is 3.76. The van der Waals surface area contributed by atoms with Gasteiger partial charge in [-0.05, 0) is 29.2 Å². The lowest BCUT2D eigenvalue weighted by Gasteiger charge is -1.98. The zero-order valence-corrected chi connectivity index (χ0v) is 17.8. The van der Waals surface area contributed by atoms with E-state index in [0.717, 1.165) is 0 Å². The van der Waals surface area contributed by atoms with E-state index in [-0.39, 0.29) is 0 Å². The molecule has 3 heteroatoms. The van der Waals surface area contributed by atoms with Gasteiger partial charge in [0.15, 0.2) is 0 Å². The van der Waals surface area contributed by atoms with Crippen molar-refractivity contribution >= 4 is 23.2 Å². The zero-order valence-electron chi connectivity index (χ0n) is 16.3. The van der Waals surface area contributed by atoms with E-state index in [2.05, 4.69) is 97.1 Å². The third-order valence-electron chi connectivity index (χ3n) is 3.76. The predicted octanol–water partition coefficient (Wildman–Crippen LogP) is 7.84. The number of aliphatic hydroxyl groups is 1. The molecule has 1 N–H and O–H groups in total. The fourth-order valence-corrected chi connectivity index (χ4v) is 2.52. The Bertz CT molecular complexity index is 764. The molecule has 0 aromatic heterocycles. The minimum atomic E-state index is -1.56. The van der Waals surface area contributed by atoms with Crippen LogP contribution in [0.25, 0.3) is 22.3 Å². The lowest BCUT2D eigenvalue weighted by atomic mass is 10.1. The van der Waals surface area contributed by atoms with Crippen LogP contribution in [0.3, 0.4) is 0 Å². The Morgan fingerprint density at radius 2 is 0.586 bits per heavy atom. The van der Waals surface area contributed by atoms with Crippen molar-refractivity contribution in [2.24, 2.45) is 0 Å². The summed E-state index contributed by atoms with van der Waals surface area (Å²) in [5, 5.41) is 8.05. The Morgan fingerprint density at radius 1 is 0.448 bits per heavy atom. The number of rotatable bonds is 2. The van der Waals surface area contributed by atoms with Crippen LogP contribution >= 0.6 is 23.2 Å². The van der Waals surface area contributed by atoms with E-state index in [1.807, 2.05) is 24.3 Å². The normalized spacial score (nSPS) is 10.1. The van der Waals surface area contributed by atoms with Crippen molar-refractivity contribution in [3.8, 4) is 22.3 Å². The molecule has 4 aromatic rings. The van der Waals surface area contributed by atoms with Gasteiger partial charge in [0.05, 0.1) is 0 Å². The second-order valence-corrected chi connectivity index (χ2v) is 7.97. The Balaban J connectivity index is 0.000000170. The van der Waals surface area contributed by atoms with Gasteiger partial charge in [-0.1, -0.05) is 145 Å². The highest BCUT2D eigenvalue weighted by Gasteiger charge is 2.05. The summed E-state index contributed by atoms with van der Waals surface area (Å²) in [6, 6.07) is 41.6. The topological polar surface area (TPSA) is 20.2 Å². The van der Waals surface area contributed by atoms with Crippen LogP contribution in [-0.4, -0.2) is 9.63 Å².